The number of aliphatic hydroxyl groups is 2. The second-order valence-electron chi connectivity index (χ2n) is 23.4. The van der Waals surface area contributed by atoms with E-state index in [-0.39, 0.29) is 5.56 Å². The van der Waals surface area contributed by atoms with Gasteiger partial charge >= 0.3 is 44.5 Å². The molecule has 0 aromatic heterocycles. The highest BCUT2D eigenvalue weighted by Gasteiger charge is 2.71. The van der Waals surface area contributed by atoms with Gasteiger partial charge in [-0.3, -0.25) is 0 Å². The molecule has 0 saturated carbocycles. The van der Waals surface area contributed by atoms with Gasteiger partial charge in [0.05, 0.1) is 22.4 Å². The van der Waals surface area contributed by atoms with Gasteiger partial charge in [0.1, 0.15) is 0 Å². The molecule has 0 atom stereocenters. The summed E-state index contributed by atoms with van der Waals surface area (Å²) in [5.74, 6) is 2.95. The van der Waals surface area contributed by atoms with Crippen LogP contribution in [0.25, 0.3) is 0 Å². The molecule has 0 amide bonds. The number of rotatable bonds is 13. The minimum absolute atomic E-state index is 0.0379. The molecule has 0 unspecified atom stereocenters. The number of benzene rings is 4. The average Bonchev–Trinajstić information content (AvgIpc) is 3.69. The maximum absolute atomic E-state index is 13.2. The highest BCUT2D eigenvalue weighted by molar-refractivity contribution is 6.63. The van der Waals surface area contributed by atoms with Crippen molar-refractivity contribution < 1.29 is 81.5 Å². The molecule has 80 heavy (non-hydrogen) atoms. The molecular formula is C60H74B2F12O6. The third-order valence-electron chi connectivity index (χ3n) is 17.6. The van der Waals surface area contributed by atoms with Crippen LogP contribution in [-0.4, -0.2) is 82.8 Å². The Morgan fingerprint density at radius 2 is 0.750 bits per heavy atom. The fraction of sp³-hybridized carbons (Fsp3) is 0.567. The zero-order valence-electron chi connectivity index (χ0n) is 48.4. The monoisotopic (exact) mass is 1140 g/mol. The Morgan fingerprint density at radius 3 is 1.04 bits per heavy atom. The van der Waals surface area contributed by atoms with Gasteiger partial charge in [0.25, 0.3) is 5.60 Å². The number of hydrogen-bond acceptors (Lipinski definition) is 6. The van der Waals surface area contributed by atoms with Crippen LogP contribution in [0.4, 0.5) is 52.7 Å². The van der Waals surface area contributed by atoms with Crippen LogP contribution in [-0.2, 0) is 35.9 Å². The van der Waals surface area contributed by atoms with Crippen molar-refractivity contribution in [3.05, 3.63) is 128 Å². The first-order valence-electron chi connectivity index (χ1n) is 26.7. The van der Waals surface area contributed by atoms with E-state index < -0.39 is 96.2 Å². The maximum Gasteiger partial charge on any atom is 0.495 e. The number of hydrogen-bond donors (Lipinski definition) is 2. The summed E-state index contributed by atoms with van der Waals surface area (Å²) in [4.78, 5) is 0. The first-order chi connectivity index (χ1) is 36.3. The first-order valence-corrected chi connectivity index (χ1v) is 26.7. The van der Waals surface area contributed by atoms with Crippen molar-refractivity contribution in [2.45, 2.75) is 218 Å². The van der Waals surface area contributed by atoms with Crippen molar-refractivity contribution in [3.8, 4) is 11.8 Å². The summed E-state index contributed by atoms with van der Waals surface area (Å²) in [6.07, 6.45) is -22.9. The molecule has 6 nitrogen and oxygen atoms in total. The van der Waals surface area contributed by atoms with Gasteiger partial charge in [-0.1, -0.05) is 111 Å². The summed E-state index contributed by atoms with van der Waals surface area (Å²) in [6, 6.07) is 22.2. The van der Waals surface area contributed by atoms with E-state index in [1.165, 1.54) is 6.07 Å². The van der Waals surface area contributed by atoms with E-state index in [2.05, 4.69) is 26.0 Å². The maximum atomic E-state index is 13.2. The van der Waals surface area contributed by atoms with E-state index in [9.17, 15) is 62.9 Å². The van der Waals surface area contributed by atoms with Gasteiger partial charge in [-0.25, -0.2) is 0 Å². The molecule has 6 rings (SSSR count). The van der Waals surface area contributed by atoms with Crippen LogP contribution in [0.2, 0.25) is 0 Å². The van der Waals surface area contributed by atoms with E-state index in [0.29, 0.717) is 29.5 Å². The van der Waals surface area contributed by atoms with Crippen molar-refractivity contribution in [2.24, 2.45) is 0 Å². The predicted molar refractivity (Wildman–Crippen MR) is 288 cm³/mol. The number of halogens is 12. The highest BCUT2D eigenvalue weighted by atomic mass is 19.4. The van der Waals surface area contributed by atoms with Crippen LogP contribution < -0.4 is 10.9 Å². The first kappa shape index (κ1) is 66.3. The Balaban J connectivity index is 0.000000294. The Labute approximate surface area is 464 Å². The van der Waals surface area contributed by atoms with Gasteiger partial charge < -0.3 is 28.8 Å². The van der Waals surface area contributed by atoms with Crippen LogP contribution in [0.1, 0.15) is 171 Å². The summed E-state index contributed by atoms with van der Waals surface area (Å²) in [5.41, 5.74) is -3.85. The largest absolute Gasteiger partial charge is 0.495 e. The van der Waals surface area contributed by atoms with Crippen molar-refractivity contribution in [3.63, 3.8) is 0 Å². The second-order valence-corrected chi connectivity index (χ2v) is 23.4. The summed E-state index contributed by atoms with van der Waals surface area (Å²) < 4.78 is 182. The van der Waals surface area contributed by atoms with E-state index in [0.717, 1.165) is 63.1 Å². The molecule has 0 spiro atoms. The van der Waals surface area contributed by atoms with Crippen LogP contribution in [0, 0.1) is 39.5 Å². The Hall–Kier alpha value is -4.51. The minimum Gasteiger partial charge on any atom is -0.399 e. The zero-order chi connectivity index (χ0) is 61.1. The zero-order valence-corrected chi connectivity index (χ0v) is 48.4. The van der Waals surface area contributed by atoms with Crippen LogP contribution in [0.15, 0.2) is 72.8 Å². The lowest BCUT2D eigenvalue weighted by Crippen LogP contribution is -2.57. The predicted octanol–water partition coefficient (Wildman–Crippen LogP) is 14.4. The molecule has 0 bridgehead atoms. The summed E-state index contributed by atoms with van der Waals surface area (Å²) >= 11 is 0. The molecule has 4 aromatic carbocycles. The summed E-state index contributed by atoms with van der Waals surface area (Å²) in [7, 11) is -1.03. The van der Waals surface area contributed by atoms with Gasteiger partial charge in [-0.05, 0) is 183 Å². The van der Waals surface area contributed by atoms with Gasteiger partial charge in [-0.2, -0.15) is 52.7 Å². The third-order valence-corrected chi connectivity index (χ3v) is 17.6. The Kier molecular flexibility index (Phi) is 18.7. The fourth-order valence-corrected chi connectivity index (χ4v) is 10.5. The summed E-state index contributed by atoms with van der Waals surface area (Å²) in [6.45, 7) is 31.3. The third kappa shape index (κ3) is 12.3. The normalized spacial score (nSPS) is 17.7. The smallest absolute Gasteiger partial charge is 0.399 e. The number of alkyl halides is 12. The van der Waals surface area contributed by atoms with Crippen LogP contribution in [0.5, 0.6) is 0 Å². The minimum atomic E-state index is -6.00. The second kappa shape index (κ2) is 22.6. The molecule has 440 valence electrons. The topological polar surface area (TPSA) is 77.4 Å². The quantitative estimate of drug-likeness (QED) is 0.0789. The lowest BCUT2D eigenvalue weighted by atomic mass is 9.67. The Morgan fingerprint density at radius 1 is 0.438 bits per heavy atom. The van der Waals surface area contributed by atoms with E-state index >= 15 is 0 Å². The van der Waals surface area contributed by atoms with Crippen LogP contribution in [0.3, 0.4) is 0 Å². The molecule has 20 heteroatoms. The Bertz CT molecular complexity index is 2860. The number of aryl methyl sites for hydroxylation is 5. The van der Waals surface area contributed by atoms with E-state index in [1.807, 2.05) is 119 Å². The van der Waals surface area contributed by atoms with E-state index in [1.54, 1.807) is 38.1 Å². The SMILES string of the molecule is CCC(CC)(c1ccc(C#CC(O)(C(F)(F)F)C(F)(F)F)c(C)c1)c1ccc(B2OC(C)(C)C(C)(C)O2)c(C)c1.CCC(CC)(c1ccc(CCC(O)(C(F)(F)F)C(F)(F)F)c(C)c1)c1ccc(B2OC(C)(C)C(C)(C)O2)c(C)c1. The van der Waals surface area contributed by atoms with Gasteiger partial charge in [0.2, 0.25) is 0 Å². The molecule has 0 radical (unpaired) electrons. The molecule has 2 aliphatic heterocycles. The van der Waals surface area contributed by atoms with Crippen molar-refractivity contribution >= 4 is 25.2 Å². The van der Waals surface area contributed by atoms with Crippen LogP contribution >= 0.6 is 0 Å². The molecule has 0 aliphatic carbocycles. The standard InChI is InChI=1S/C30H39BF6O3.C30H35BF6O3/c2*1-9-27(10-2,23-13-14-24(20(4)18-23)31-39-25(5,6)26(7,8)40-31)22-12-11-21(19(3)17-22)15-16-28(38,29(32,33)34)30(35,36)37/h11-14,17-18,38H,9-10,15-16H2,1-8H3;11-14,17-18,38H,9-10H2,1-8H3. The average molecular weight is 1140 g/mol. The van der Waals surface area contributed by atoms with Gasteiger partial charge in [0.15, 0.2) is 0 Å². The van der Waals surface area contributed by atoms with Crippen molar-refractivity contribution in [2.75, 3.05) is 0 Å². The molecule has 2 aliphatic rings. The lowest BCUT2D eigenvalue weighted by Gasteiger charge is -2.35. The fourth-order valence-electron chi connectivity index (χ4n) is 10.5. The molecule has 4 aromatic rings. The molecule has 2 fully saturated rings. The lowest BCUT2D eigenvalue weighted by molar-refractivity contribution is -0.369. The van der Waals surface area contributed by atoms with Gasteiger partial charge in [0, 0.05) is 16.4 Å². The molecule has 2 N–H and O–H groups in total. The van der Waals surface area contributed by atoms with Crippen molar-refractivity contribution in [1.29, 1.82) is 0 Å². The molecule has 2 heterocycles. The highest BCUT2D eigenvalue weighted by Crippen LogP contribution is 2.48. The summed E-state index contributed by atoms with van der Waals surface area (Å²) in [5, 5.41) is 18.9. The van der Waals surface area contributed by atoms with E-state index in [4.69, 9.17) is 18.6 Å². The molecular weight excluding hydrogens is 1070 g/mol. The van der Waals surface area contributed by atoms with Crippen molar-refractivity contribution in [1.82, 2.24) is 0 Å². The van der Waals surface area contributed by atoms with Gasteiger partial charge in [-0.15, -0.1) is 0 Å². The molecule has 2 saturated heterocycles.